The molecule has 1 aliphatic rings. The van der Waals surface area contributed by atoms with Gasteiger partial charge in [-0.2, -0.15) is 0 Å². The molecule has 1 aliphatic heterocycles. The van der Waals surface area contributed by atoms with E-state index in [1.807, 2.05) is 7.05 Å². The Hall–Kier alpha value is -0.980. The van der Waals surface area contributed by atoms with Gasteiger partial charge in [0, 0.05) is 13.1 Å². The lowest BCUT2D eigenvalue weighted by Crippen LogP contribution is -2.31. The Morgan fingerprint density at radius 1 is 1.37 bits per heavy atom. The van der Waals surface area contributed by atoms with Gasteiger partial charge >= 0.3 is 0 Å². The number of nitrogens with zero attached hydrogens (tertiary/aromatic N) is 1. The zero-order chi connectivity index (χ0) is 13.9. The van der Waals surface area contributed by atoms with E-state index >= 15 is 0 Å². The second-order valence-corrected chi connectivity index (χ2v) is 6.92. The Bertz CT molecular complexity index is 516. The van der Waals surface area contributed by atoms with Crippen LogP contribution in [0.3, 0.4) is 0 Å². The van der Waals surface area contributed by atoms with Crippen molar-refractivity contribution >= 4 is 10.0 Å². The van der Waals surface area contributed by atoms with Crippen LogP contribution in [0, 0.1) is 11.7 Å². The molecule has 6 heteroatoms. The van der Waals surface area contributed by atoms with E-state index in [9.17, 15) is 12.8 Å². The van der Waals surface area contributed by atoms with E-state index in [4.69, 9.17) is 0 Å². The molecule has 1 fully saturated rings. The summed E-state index contributed by atoms with van der Waals surface area (Å²) in [5.74, 6) is -0.0241. The maximum atomic E-state index is 12.8. The van der Waals surface area contributed by atoms with Gasteiger partial charge in [-0.1, -0.05) is 12.1 Å². The summed E-state index contributed by atoms with van der Waals surface area (Å²) in [4.78, 5) is 0. The molecule has 1 aromatic carbocycles. The van der Waals surface area contributed by atoms with Crippen molar-refractivity contribution in [2.75, 3.05) is 26.7 Å². The minimum absolute atomic E-state index is 0.0560. The van der Waals surface area contributed by atoms with Gasteiger partial charge in [-0.15, -0.1) is 0 Å². The molecule has 1 unspecified atom stereocenters. The minimum Gasteiger partial charge on any atom is -0.319 e. The molecule has 0 amide bonds. The third-order valence-electron chi connectivity index (χ3n) is 3.40. The smallest absolute Gasteiger partial charge is 0.218 e. The number of rotatable bonds is 5. The number of nitrogens with one attached hydrogen (secondary N) is 1. The molecule has 0 bridgehead atoms. The number of benzene rings is 1. The summed E-state index contributed by atoms with van der Waals surface area (Å²) >= 11 is 0. The van der Waals surface area contributed by atoms with E-state index < -0.39 is 10.0 Å². The van der Waals surface area contributed by atoms with Crippen molar-refractivity contribution in [2.24, 2.45) is 5.92 Å². The van der Waals surface area contributed by atoms with Crippen LogP contribution < -0.4 is 5.32 Å². The number of hydrogen-bond acceptors (Lipinski definition) is 3. The Morgan fingerprint density at radius 3 is 2.68 bits per heavy atom. The highest BCUT2D eigenvalue weighted by Crippen LogP contribution is 2.21. The van der Waals surface area contributed by atoms with Gasteiger partial charge < -0.3 is 5.32 Å². The highest BCUT2D eigenvalue weighted by Gasteiger charge is 2.30. The Balaban J connectivity index is 2.01. The first kappa shape index (κ1) is 14.4. The fourth-order valence-electron chi connectivity index (χ4n) is 2.39. The zero-order valence-electron chi connectivity index (χ0n) is 11.0. The first-order valence-corrected chi connectivity index (χ1v) is 7.99. The molecule has 0 radical (unpaired) electrons. The Kier molecular flexibility index (Phi) is 4.54. The highest BCUT2D eigenvalue weighted by atomic mass is 32.2. The molecule has 1 atom stereocenters. The molecule has 0 saturated carbocycles. The minimum atomic E-state index is -3.29. The third-order valence-corrected chi connectivity index (χ3v) is 5.21. The van der Waals surface area contributed by atoms with Crippen LogP contribution in [0.4, 0.5) is 4.39 Å². The van der Waals surface area contributed by atoms with Crippen LogP contribution in [0.2, 0.25) is 0 Å². The van der Waals surface area contributed by atoms with Gasteiger partial charge in [-0.25, -0.2) is 17.1 Å². The van der Waals surface area contributed by atoms with Crippen molar-refractivity contribution in [2.45, 2.75) is 12.2 Å². The van der Waals surface area contributed by atoms with E-state index in [2.05, 4.69) is 5.32 Å². The molecule has 1 aromatic rings. The van der Waals surface area contributed by atoms with Crippen LogP contribution in [0.15, 0.2) is 24.3 Å². The third kappa shape index (κ3) is 3.75. The van der Waals surface area contributed by atoms with E-state index in [0.29, 0.717) is 24.6 Å². The fourth-order valence-corrected chi connectivity index (χ4v) is 4.01. The lowest BCUT2D eigenvalue weighted by atomic mass is 10.1. The molecule has 0 aromatic heterocycles. The molecule has 4 nitrogen and oxygen atoms in total. The average Bonchev–Trinajstić information content (AvgIpc) is 2.82. The molecule has 106 valence electrons. The topological polar surface area (TPSA) is 49.4 Å². The highest BCUT2D eigenvalue weighted by molar-refractivity contribution is 7.88. The molecule has 0 spiro atoms. The summed E-state index contributed by atoms with van der Waals surface area (Å²) in [5, 5.41) is 3.07. The standard InChI is InChI=1S/C13H19FN2O2S/c1-15-8-12-6-7-16(9-12)19(17,18)10-11-2-4-13(14)5-3-11/h2-5,12,15H,6-10H2,1H3. The Morgan fingerprint density at radius 2 is 2.05 bits per heavy atom. The van der Waals surface area contributed by atoms with Crippen LogP contribution in [0.1, 0.15) is 12.0 Å². The number of sulfonamides is 1. The monoisotopic (exact) mass is 286 g/mol. The fraction of sp³-hybridized carbons (Fsp3) is 0.538. The van der Waals surface area contributed by atoms with Gasteiger partial charge in [0.1, 0.15) is 5.82 Å². The van der Waals surface area contributed by atoms with Crippen molar-refractivity contribution in [1.82, 2.24) is 9.62 Å². The van der Waals surface area contributed by atoms with Gasteiger partial charge in [0.25, 0.3) is 0 Å². The SMILES string of the molecule is CNCC1CCN(S(=O)(=O)Cc2ccc(F)cc2)C1. The summed E-state index contributed by atoms with van der Waals surface area (Å²) in [6.07, 6.45) is 0.892. The van der Waals surface area contributed by atoms with E-state index in [0.717, 1.165) is 13.0 Å². The summed E-state index contributed by atoms with van der Waals surface area (Å²) in [5.41, 5.74) is 0.624. The zero-order valence-corrected chi connectivity index (χ0v) is 11.8. The Labute approximate surface area is 113 Å². The molecule has 1 N–H and O–H groups in total. The van der Waals surface area contributed by atoms with Crippen molar-refractivity contribution in [3.05, 3.63) is 35.6 Å². The van der Waals surface area contributed by atoms with Gasteiger partial charge in [0.15, 0.2) is 0 Å². The van der Waals surface area contributed by atoms with E-state index in [1.165, 1.54) is 24.3 Å². The molecular weight excluding hydrogens is 267 g/mol. The maximum Gasteiger partial charge on any atom is 0.218 e. The van der Waals surface area contributed by atoms with Crippen LogP contribution >= 0.6 is 0 Å². The first-order valence-electron chi connectivity index (χ1n) is 6.38. The maximum absolute atomic E-state index is 12.8. The van der Waals surface area contributed by atoms with Crippen molar-refractivity contribution in [3.8, 4) is 0 Å². The van der Waals surface area contributed by atoms with E-state index in [-0.39, 0.29) is 11.6 Å². The van der Waals surface area contributed by atoms with Gasteiger partial charge in [0.2, 0.25) is 10.0 Å². The van der Waals surface area contributed by atoms with Crippen molar-refractivity contribution < 1.29 is 12.8 Å². The van der Waals surface area contributed by atoms with Crippen LogP contribution in [-0.4, -0.2) is 39.4 Å². The van der Waals surface area contributed by atoms with Crippen LogP contribution in [-0.2, 0) is 15.8 Å². The quantitative estimate of drug-likeness (QED) is 0.885. The summed E-state index contributed by atoms with van der Waals surface area (Å²) in [7, 11) is -1.42. The summed E-state index contributed by atoms with van der Waals surface area (Å²) in [6.45, 7) is 1.99. The van der Waals surface area contributed by atoms with Crippen LogP contribution in [0.25, 0.3) is 0 Å². The van der Waals surface area contributed by atoms with Gasteiger partial charge in [0.05, 0.1) is 5.75 Å². The summed E-state index contributed by atoms with van der Waals surface area (Å²) < 4.78 is 38.8. The summed E-state index contributed by atoms with van der Waals surface area (Å²) in [6, 6.07) is 5.62. The number of hydrogen-bond donors (Lipinski definition) is 1. The molecule has 0 aliphatic carbocycles. The normalized spacial score (nSPS) is 20.8. The molecule has 2 rings (SSSR count). The van der Waals surface area contributed by atoms with Crippen molar-refractivity contribution in [1.29, 1.82) is 0 Å². The second-order valence-electron chi connectivity index (χ2n) is 4.95. The van der Waals surface area contributed by atoms with E-state index in [1.54, 1.807) is 4.31 Å². The second kappa shape index (κ2) is 5.98. The first-order chi connectivity index (χ1) is 9.01. The molecular formula is C13H19FN2O2S. The largest absolute Gasteiger partial charge is 0.319 e. The predicted octanol–water partition coefficient (Wildman–Crippen LogP) is 1.20. The van der Waals surface area contributed by atoms with Gasteiger partial charge in [-0.3, -0.25) is 0 Å². The average molecular weight is 286 g/mol. The van der Waals surface area contributed by atoms with Gasteiger partial charge in [-0.05, 0) is 43.6 Å². The predicted molar refractivity (Wildman–Crippen MR) is 72.6 cm³/mol. The van der Waals surface area contributed by atoms with Crippen LogP contribution in [0.5, 0.6) is 0 Å². The molecule has 1 saturated heterocycles. The lowest BCUT2D eigenvalue weighted by Gasteiger charge is -2.16. The molecule has 1 heterocycles. The molecule has 19 heavy (non-hydrogen) atoms. The van der Waals surface area contributed by atoms with Crippen molar-refractivity contribution in [3.63, 3.8) is 0 Å². The lowest BCUT2D eigenvalue weighted by molar-refractivity contribution is 0.450. The number of halogens is 1.